The zero-order valence-corrected chi connectivity index (χ0v) is 11.4. The van der Waals surface area contributed by atoms with E-state index >= 15 is 0 Å². The third kappa shape index (κ3) is 4.21. The molecule has 17 heavy (non-hydrogen) atoms. The van der Waals surface area contributed by atoms with E-state index in [0.717, 1.165) is 32.2 Å². The third-order valence-electron chi connectivity index (χ3n) is 3.14. The standard InChI is InChI=1S/C11H24N2O3S/c1-2-3-7-13(8-9-14)17(15,16)11-5-4-6-12-10-11/h11-12,14H,2-10H2,1H3. The van der Waals surface area contributed by atoms with E-state index in [0.29, 0.717) is 13.1 Å². The topological polar surface area (TPSA) is 69.6 Å². The van der Waals surface area contributed by atoms with Gasteiger partial charge in [0.2, 0.25) is 10.0 Å². The summed E-state index contributed by atoms with van der Waals surface area (Å²) in [5.74, 6) is 0. The van der Waals surface area contributed by atoms with Gasteiger partial charge in [0.25, 0.3) is 0 Å². The van der Waals surface area contributed by atoms with Crippen LogP contribution >= 0.6 is 0 Å². The normalized spacial score (nSPS) is 21.9. The average Bonchev–Trinajstić information content (AvgIpc) is 2.35. The first kappa shape index (κ1) is 14.9. The fourth-order valence-electron chi connectivity index (χ4n) is 2.10. The number of piperidine rings is 1. The maximum atomic E-state index is 12.4. The summed E-state index contributed by atoms with van der Waals surface area (Å²) in [6.07, 6.45) is 3.44. The first-order chi connectivity index (χ1) is 8.12. The molecule has 6 heteroatoms. The van der Waals surface area contributed by atoms with Crippen molar-refractivity contribution in [1.29, 1.82) is 0 Å². The Kier molecular flexibility index (Phi) is 6.40. The molecule has 1 fully saturated rings. The maximum Gasteiger partial charge on any atom is 0.218 e. The van der Waals surface area contributed by atoms with Crippen LogP contribution in [0.2, 0.25) is 0 Å². The summed E-state index contributed by atoms with van der Waals surface area (Å²) in [7, 11) is -3.25. The van der Waals surface area contributed by atoms with E-state index in [1.54, 1.807) is 0 Å². The minimum atomic E-state index is -3.25. The van der Waals surface area contributed by atoms with Gasteiger partial charge in [-0.05, 0) is 25.8 Å². The van der Waals surface area contributed by atoms with Gasteiger partial charge in [-0.3, -0.25) is 0 Å². The highest BCUT2D eigenvalue weighted by Gasteiger charge is 2.32. The van der Waals surface area contributed by atoms with Gasteiger partial charge in [0.05, 0.1) is 11.9 Å². The smallest absolute Gasteiger partial charge is 0.218 e. The lowest BCUT2D eigenvalue weighted by atomic mass is 10.2. The highest BCUT2D eigenvalue weighted by atomic mass is 32.2. The first-order valence-corrected chi connectivity index (χ1v) is 7.93. The average molecular weight is 264 g/mol. The van der Waals surface area contributed by atoms with Crippen LogP contribution in [0.4, 0.5) is 0 Å². The number of aliphatic hydroxyl groups is 1. The number of hydrogen-bond acceptors (Lipinski definition) is 4. The molecule has 1 aliphatic heterocycles. The van der Waals surface area contributed by atoms with Crippen LogP contribution in [0.5, 0.6) is 0 Å². The van der Waals surface area contributed by atoms with Crippen molar-refractivity contribution < 1.29 is 13.5 Å². The molecule has 2 N–H and O–H groups in total. The Morgan fingerprint density at radius 1 is 1.41 bits per heavy atom. The molecule has 1 aliphatic rings. The second kappa shape index (κ2) is 7.31. The summed E-state index contributed by atoms with van der Waals surface area (Å²) in [5, 5.41) is 11.8. The molecule has 1 atom stereocenters. The minimum Gasteiger partial charge on any atom is -0.395 e. The third-order valence-corrected chi connectivity index (χ3v) is 5.47. The Hall–Kier alpha value is -0.170. The van der Waals surface area contributed by atoms with Crippen LogP contribution in [0.15, 0.2) is 0 Å². The van der Waals surface area contributed by atoms with Gasteiger partial charge in [-0.1, -0.05) is 13.3 Å². The molecule has 1 rings (SSSR count). The second-order valence-electron chi connectivity index (χ2n) is 4.49. The Morgan fingerprint density at radius 3 is 2.71 bits per heavy atom. The monoisotopic (exact) mass is 264 g/mol. The van der Waals surface area contributed by atoms with Gasteiger partial charge in [-0.2, -0.15) is 4.31 Å². The molecule has 0 amide bonds. The first-order valence-electron chi connectivity index (χ1n) is 6.43. The van der Waals surface area contributed by atoms with E-state index in [4.69, 9.17) is 5.11 Å². The molecule has 1 saturated heterocycles. The molecule has 1 unspecified atom stereocenters. The summed E-state index contributed by atoms with van der Waals surface area (Å²) in [4.78, 5) is 0. The molecular weight excluding hydrogens is 240 g/mol. The number of nitrogens with zero attached hydrogens (tertiary/aromatic N) is 1. The van der Waals surface area contributed by atoms with Crippen LogP contribution in [0.1, 0.15) is 32.6 Å². The van der Waals surface area contributed by atoms with E-state index in [1.807, 2.05) is 6.92 Å². The van der Waals surface area contributed by atoms with E-state index in [9.17, 15) is 8.42 Å². The van der Waals surface area contributed by atoms with E-state index in [2.05, 4.69) is 5.32 Å². The van der Waals surface area contributed by atoms with Crippen molar-refractivity contribution in [2.45, 2.75) is 37.9 Å². The van der Waals surface area contributed by atoms with Crippen molar-refractivity contribution in [2.24, 2.45) is 0 Å². The van der Waals surface area contributed by atoms with Crippen molar-refractivity contribution in [3.8, 4) is 0 Å². The fraction of sp³-hybridized carbons (Fsp3) is 1.00. The highest BCUT2D eigenvalue weighted by Crippen LogP contribution is 2.16. The summed E-state index contributed by atoms with van der Waals surface area (Å²) >= 11 is 0. The van der Waals surface area contributed by atoms with Crippen molar-refractivity contribution in [3.05, 3.63) is 0 Å². The molecule has 1 heterocycles. The molecule has 0 aromatic heterocycles. The molecule has 0 aliphatic carbocycles. The van der Waals surface area contributed by atoms with Crippen LogP contribution in [0.25, 0.3) is 0 Å². The number of sulfonamides is 1. The predicted octanol–water partition coefficient (Wildman–Crippen LogP) is 0.163. The van der Waals surface area contributed by atoms with Crippen molar-refractivity contribution in [2.75, 3.05) is 32.8 Å². The van der Waals surface area contributed by atoms with Crippen LogP contribution in [-0.4, -0.2) is 55.9 Å². The van der Waals surface area contributed by atoms with E-state index < -0.39 is 10.0 Å². The number of aliphatic hydroxyl groups excluding tert-OH is 1. The maximum absolute atomic E-state index is 12.4. The van der Waals surface area contributed by atoms with Crippen LogP contribution < -0.4 is 5.32 Å². The van der Waals surface area contributed by atoms with Gasteiger partial charge >= 0.3 is 0 Å². The predicted molar refractivity (Wildman–Crippen MR) is 68.4 cm³/mol. The largest absolute Gasteiger partial charge is 0.395 e. The van der Waals surface area contributed by atoms with Crippen LogP contribution in [0, 0.1) is 0 Å². The summed E-state index contributed by atoms with van der Waals surface area (Å²) < 4.78 is 26.2. The highest BCUT2D eigenvalue weighted by molar-refractivity contribution is 7.89. The van der Waals surface area contributed by atoms with E-state index in [-0.39, 0.29) is 18.4 Å². The molecule has 0 aromatic rings. The Balaban J connectivity index is 2.67. The Labute approximate surface area is 104 Å². The van der Waals surface area contributed by atoms with Crippen LogP contribution in [0.3, 0.4) is 0 Å². The summed E-state index contributed by atoms with van der Waals surface area (Å²) in [6.45, 7) is 4.11. The van der Waals surface area contributed by atoms with Gasteiger partial charge in [-0.25, -0.2) is 8.42 Å². The molecule has 5 nitrogen and oxygen atoms in total. The number of unbranched alkanes of at least 4 members (excludes halogenated alkanes) is 1. The minimum absolute atomic E-state index is 0.108. The summed E-state index contributed by atoms with van der Waals surface area (Å²) in [6, 6.07) is 0. The zero-order chi connectivity index (χ0) is 12.7. The molecule has 0 saturated carbocycles. The van der Waals surface area contributed by atoms with Gasteiger partial charge in [0.15, 0.2) is 0 Å². The van der Waals surface area contributed by atoms with Gasteiger partial charge in [-0.15, -0.1) is 0 Å². The van der Waals surface area contributed by atoms with Gasteiger partial charge in [0.1, 0.15) is 0 Å². The second-order valence-corrected chi connectivity index (χ2v) is 6.70. The van der Waals surface area contributed by atoms with E-state index in [1.165, 1.54) is 4.31 Å². The number of hydrogen-bond donors (Lipinski definition) is 2. The quantitative estimate of drug-likeness (QED) is 0.687. The van der Waals surface area contributed by atoms with Crippen molar-refractivity contribution in [1.82, 2.24) is 9.62 Å². The molecule has 0 bridgehead atoms. The van der Waals surface area contributed by atoms with Gasteiger partial charge < -0.3 is 10.4 Å². The lowest BCUT2D eigenvalue weighted by Gasteiger charge is -2.29. The Morgan fingerprint density at radius 2 is 2.18 bits per heavy atom. The summed E-state index contributed by atoms with van der Waals surface area (Å²) in [5.41, 5.74) is 0. The molecule has 0 radical (unpaired) electrons. The molecule has 0 spiro atoms. The molecular formula is C11H24N2O3S. The van der Waals surface area contributed by atoms with Gasteiger partial charge in [0, 0.05) is 19.6 Å². The Bertz CT molecular complexity index is 300. The van der Waals surface area contributed by atoms with Crippen molar-refractivity contribution in [3.63, 3.8) is 0 Å². The zero-order valence-electron chi connectivity index (χ0n) is 10.6. The molecule has 0 aromatic carbocycles. The lowest BCUT2D eigenvalue weighted by Crippen LogP contribution is -2.47. The van der Waals surface area contributed by atoms with Crippen molar-refractivity contribution >= 4 is 10.0 Å². The molecule has 102 valence electrons. The fourth-order valence-corrected chi connectivity index (χ4v) is 4.03. The van der Waals surface area contributed by atoms with Crippen LogP contribution in [-0.2, 0) is 10.0 Å². The lowest BCUT2D eigenvalue weighted by molar-refractivity contribution is 0.250. The number of rotatable bonds is 7. The number of nitrogens with one attached hydrogen (secondary N) is 1. The SMILES string of the molecule is CCCCN(CCO)S(=O)(=O)C1CCCNC1.